The summed E-state index contributed by atoms with van der Waals surface area (Å²) in [4.78, 5) is 2.36. The molecule has 0 saturated heterocycles. The molecule has 2 heteroatoms. The minimum absolute atomic E-state index is 0.894. The van der Waals surface area contributed by atoms with E-state index in [1.54, 1.807) is 0 Å². The van der Waals surface area contributed by atoms with Gasteiger partial charge in [-0.2, -0.15) is 0 Å². The maximum absolute atomic E-state index is 6.57. The Morgan fingerprint density at radius 1 is 0.250 bits per heavy atom. The highest BCUT2D eigenvalue weighted by molar-refractivity contribution is 6.19. The molecule has 1 heterocycles. The fourth-order valence-corrected chi connectivity index (χ4v) is 10.3. The van der Waals surface area contributed by atoms with Crippen molar-refractivity contribution in [2.24, 2.45) is 0 Å². The Balaban J connectivity index is 0.891. The minimum Gasteiger partial charge on any atom is -0.455 e. The zero-order chi connectivity index (χ0) is 45.0. The van der Waals surface area contributed by atoms with Crippen molar-refractivity contribution in [1.29, 1.82) is 0 Å². The summed E-state index contributed by atoms with van der Waals surface area (Å²) in [6, 6.07) is 94.4. The molecule has 0 atom stereocenters. The molecule has 0 fully saturated rings. The molecule has 0 amide bonds. The lowest BCUT2D eigenvalue weighted by atomic mass is 9.91. The smallest absolute Gasteiger partial charge is 0.143 e. The second-order valence-electron chi connectivity index (χ2n) is 17.6. The third-order valence-corrected chi connectivity index (χ3v) is 13.7. The van der Waals surface area contributed by atoms with Crippen molar-refractivity contribution in [1.82, 2.24) is 0 Å². The summed E-state index contributed by atoms with van der Waals surface area (Å²) in [7, 11) is 0. The van der Waals surface area contributed by atoms with E-state index in [1.807, 2.05) is 0 Å². The third kappa shape index (κ3) is 6.90. The Bertz CT molecular complexity index is 3980. The molecule has 2 nitrogen and oxygen atoms in total. The van der Waals surface area contributed by atoms with Gasteiger partial charge in [-0.05, 0) is 143 Å². The summed E-state index contributed by atoms with van der Waals surface area (Å²) in [6.07, 6.45) is 0. The Hall–Kier alpha value is -8.98. The maximum atomic E-state index is 6.57. The highest BCUT2D eigenvalue weighted by Crippen LogP contribution is 2.43. The summed E-state index contributed by atoms with van der Waals surface area (Å²) >= 11 is 0. The molecule has 0 aliphatic rings. The van der Waals surface area contributed by atoms with Gasteiger partial charge in [0.05, 0.1) is 0 Å². The topological polar surface area (TPSA) is 16.4 Å². The maximum Gasteiger partial charge on any atom is 0.143 e. The van der Waals surface area contributed by atoms with Crippen molar-refractivity contribution in [2.75, 3.05) is 4.90 Å². The van der Waals surface area contributed by atoms with E-state index in [9.17, 15) is 0 Å². The van der Waals surface area contributed by atoms with Gasteiger partial charge in [-0.25, -0.2) is 0 Å². The van der Waals surface area contributed by atoms with Gasteiger partial charge in [-0.1, -0.05) is 200 Å². The van der Waals surface area contributed by atoms with Gasteiger partial charge in [-0.15, -0.1) is 0 Å². The van der Waals surface area contributed by atoms with Crippen LogP contribution in [0.4, 0.5) is 17.1 Å². The first-order chi connectivity index (χ1) is 33.7. The van der Waals surface area contributed by atoms with Crippen molar-refractivity contribution in [3.63, 3.8) is 0 Å². The van der Waals surface area contributed by atoms with Gasteiger partial charge in [0.25, 0.3) is 0 Å². The first kappa shape index (κ1) is 39.4. The van der Waals surface area contributed by atoms with Crippen LogP contribution in [0.5, 0.6) is 0 Å². The van der Waals surface area contributed by atoms with Gasteiger partial charge in [-0.3, -0.25) is 0 Å². The summed E-state index contributed by atoms with van der Waals surface area (Å²) in [5.41, 5.74) is 16.9. The van der Waals surface area contributed by atoms with Gasteiger partial charge in [0.1, 0.15) is 11.2 Å². The van der Waals surface area contributed by atoms with Crippen LogP contribution in [0.25, 0.3) is 110 Å². The molecule has 68 heavy (non-hydrogen) atoms. The molecule has 318 valence electrons. The molecule has 0 unspecified atom stereocenters. The van der Waals surface area contributed by atoms with Gasteiger partial charge in [0.15, 0.2) is 0 Å². The van der Waals surface area contributed by atoms with E-state index in [4.69, 9.17) is 4.42 Å². The van der Waals surface area contributed by atoms with Crippen molar-refractivity contribution in [2.45, 2.75) is 0 Å². The average Bonchev–Trinajstić information content (AvgIpc) is 3.82. The molecule has 13 aromatic rings. The summed E-state index contributed by atoms with van der Waals surface area (Å²) in [6.45, 7) is 0. The fraction of sp³-hybridized carbons (Fsp3) is 0. The van der Waals surface area contributed by atoms with Crippen LogP contribution in [-0.2, 0) is 0 Å². The van der Waals surface area contributed by atoms with Crippen molar-refractivity contribution < 1.29 is 4.42 Å². The van der Waals surface area contributed by atoms with Gasteiger partial charge >= 0.3 is 0 Å². The Morgan fingerprint density at radius 2 is 0.721 bits per heavy atom. The summed E-state index contributed by atoms with van der Waals surface area (Å²) in [5, 5.41) is 9.63. The molecule has 0 N–H and O–H groups in total. The van der Waals surface area contributed by atoms with E-state index in [2.05, 4.69) is 266 Å². The minimum atomic E-state index is 0.894. The molecule has 12 aromatic carbocycles. The molecule has 0 bridgehead atoms. The number of anilines is 3. The zero-order valence-electron chi connectivity index (χ0n) is 37.2. The van der Waals surface area contributed by atoms with Crippen LogP contribution in [0.15, 0.2) is 265 Å². The van der Waals surface area contributed by atoms with E-state index in [0.717, 1.165) is 61.1 Å². The molecule has 13 rings (SSSR count). The monoisotopic (exact) mass is 865 g/mol. The number of furan rings is 1. The van der Waals surface area contributed by atoms with Crippen LogP contribution < -0.4 is 4.90 Å². The lowest BCUT2D eigenvalue weighted by molar-refractivity contribution is 0.673. The second-order valence-corrected chi connectivity index (χ2v) is 17.6. The van der Waals surface area contributed by atoms with Crippen molar-refractivity contribution >= 4 is 71.3 Å². The predicted molar refractivity (Wildman–Crippen MR) is 288 cm³/mol. The third-order valence-electron chi connectivity index (χ3n) is 13.7. The van der Waals surface area contributed by atoms with Gasteiger partial charge in [0, 0.05) is 33.2 Å². The van der Waals surface area contributed by atoms with E-state index >= 15 is 0 Å². The van der Waals surface area contributed by atoms with Crippen LogP contribution in [0.3, 0.4) is 0 Å². The van der Waals surface area contributed by atoms with Gasteiger partial charge < -0.3 is 9.32 Å². The van der Waals surface area contributed by atoms with Crippen molar-refractivity contribution in [3.8, 4) is 55.6 Å². The first-order valence-electron chi connectivity index (χ1n) is 23.3. The van der Waals surface area contributed by atoms with Crippen LogP contribution in [0.1, 0.15) is 0 Å². The molecule has 0 aliphatic heterocycles. The molecule has 0 spiro atoms. The molecule has 1 aromatic heterocycles. The Labute approximate surface area is 395 Å². The Morgan fingerprint density at radius 3 is 1.40 bits per heavy atom. The van der Waals surface area contributed by atoms with Crippen LogP contribution >= 0.6 is 0 Å². The quantitative estimate of drug-likeness (QED) is 0.142. The van der Waals surface area contributed by atoms with E-state index in [1.165, 1.54) is 65.9 Å². The van der Waals surface area contributed by atoms with E-state index in [0.29, 0.717) is 0 Å². The number of hydrogen-bond acceptors (Lipinski definition) is 2. The summed E-state index contributed by atoms with van der Waals surface area (Å²) < 4.78 is 6.57. The zero-order valence-corrected chi connectivity index (χ0v) is 37.2. The number of fused-ring (bicyclic) bond motifs is 8. The van der Waals surface area contributed by atoms with Crippen LogP contribution in [0.2, 0.25) is 0 Å². The first-order valence-corrected chi connectivity index (χ1v) is 23.3. The molecular formula is C66H43NO. The largest absolute Gasteiger partial charge is 0.455 e. The average molecular weight is 866 g/mol. The molecule has 0 radical (unpaired) electrons. The SMILES string of the molecule is c1ccc(-c2ccc(-c3ccc(N(c4ccc(-c5ccc6c(ccc7ccccc76)c5)cc4)c4ccc(-c5cccc6oc7c8ccccc8ccc7c56)cc4)cc3)cc2-c2ccccc2)cc1. The standard InChI is InChI=1S/C66H43NO/c1-3-12-46(13-4-1)58-39-32-52(43-63(58)47-14-5-2-6-15-47)45-26-35-55(36-27-45)67(54-33-24-44(25-34-54)51-31-40-59-53(42-51)23-22-48-16-7-9-18-57(48)59)56-37-28-50(29-38-56)60-20-11-21-64-65(60)62-41-30-49-17-8-10-19-61(49)66(62)68-64/h1-43H. The predicted octanol–water partition coefficient (Wildman–Crippen LogP) is 18.9. The highest BCUT2D eigenvalue weighted by Gasteiger charge is 2.18. The van der Waals surface area contributed by atoms with E-state index in [-0.39, 0.29) is 0 Å². The lowest BCUT2D eigenvalue weighted by Crippen LogP contribution is -2.09. The number of rotatable bonds is 8. The van der Waals surface area contributed by atoms with Crippen LogP contribution in [0, 0.1) is 0 Å². The van der Waals surface area contributed by atoms with Crippen LogP contribution in [-0.4, -0.2) is 0 Å². The van der Waals surface area contributed by atoms with E-state index < -0.39 is 0 Å². The lowest BCUT2D eigenvalue weighted by Gasteiger charge is -2.26. The number of nitrogens with zero attached hydrogens (tertiary/aromatic N) is 1. The van der Waals surface area contributed by atoms with Crippen molar-refractivity contribution in [3.05, 3.63) is 261 Å². The normalized spacial score (nSPS) is 11.5. The molecule has 0 saturated carbocycles. The number of hydrogen-bond donors (Lipinski definition) is 0. The summed E-state index contributed by atoms with van der Waals surface area (Å²) in [5.74, 6) is 0. The fourth-order valence-electron chi connectivity index (χ4n) is 10.3. The van der Waals surface area contributed by atoms with Gasteiger partial charge in [0.2, 0.25) is 0 Å². The Kier molecular flexibility index (Phi) is 9.54. The highest BCUT2D eigenvalue weighted by atomic mass is 16.3. The molecule has 0 aliphatic carbocycles. The molecular weight excluding hydrogens is 823 g/mol. The number of benzene rings is 12. The second kappa shape index (κ2) is 16.5.